The maximum absolute atomic E-state index is 13.5. The normalized spacial score (nSPS) is 16.5. The van der Waals surface area contributed by atoms with Crippen molar-refractivity contribution >= 4 is 23.1 Å². The van der Waals surface area contributed by atoms with Gasteiger partial charge in [-0.1, -0.05) is 6.92 Å². The van der Waals surface area contributed by atoms with E-state index in [-0.39, 0.29) is 0 Å². The summed E-state index contributed by atoms with van der Waals surface area (Å²) >= 11 is 1.38. The van der Waals surface area contributed by atoms with Crippen LogP contribution in [-0.2, 0) is 17.6 Å². The summed E-state index contributed by atoms with van der Waals surface area (Å²) < 4.78 is 31.6. The number of ether oxygens (including phenoxy) is 1. The van der Waals surface area contributed by atoms with Crippen LogP contribution >= 0.6 is 11.3 Å². The van der Waals surface area contributed by atoms with Crippen molar-refractivity contribution < 1.29 is 23.1 Å². The van der Waals surface area contributed by atoms with Crippen LogP contribution in [0.4, 0.5) is 8.78 Å². The zero-order valence-corrected chi connectivity index (χ0v) is 13.9. The summed E-state index contributed by atoms with van der Waals surface area (Å²) in [6.45, 7) is 1.56. The van der Waals surface area contributed by atoms with Crippen molar-refractivity contribution in [2.45, 2.75) is 26.2 Å². The minimum atomic E-state index is -0.835. The topological polar surface area (TPSA) is 43.4 Å². The van der Waals surface area contributed by atoms with Crippen molar-refractivity contribution in [2.75, 3.05) is 6.61 Å². The van der Waals surface area contributed by atoms with E-state index in [0.29, 0.717) is 10.8 Å². The molecule has 0 bridgehead atoms. The third kappa shape index (κ3) is 3.53. The summed E-state index contributed by atoms with van der Waals surface area (Å²) in [6, 6.07) is 4.41. The molecule has 0 N–H and O–H groups in total. The number of benzene rings is 1. The standard InChI is InChI=1S/C18H16F2O3S/c1-10-2-5-16-11(6-10)7-17(24-16)18(22)23-9-15(21)13-8-12(19)3-4-14(13)20/h3-4,7-8,10H,2,5-6,9H2,1H3/t10-/m1/s1. The first-order chi connectivity index (χ1) is 11.4. The molecule has 3 nitrogen and oxygen atoms in total. The number of carbonyl (C=O) groups excluding carboxylic acids is 2. The van der Waals surface area contributed by atoms with Crippen LogP contribution in [0.1, 0.15) is 43.8 Å². The molecule has 1 aliphatic rings. The number of aryl methyl sites for hydroxylation is 1. The van der Waals surface area contributed by atoms with Gasteiger partial charge in [0.2, 0.25) is 5.78 Å². The van der Waals surface area contributed by atoms with Gasteiger partial charge in [0, 0.05) is 4.88 Å². The van der Waals surface area contributed by atoms with Crippen LogP contribution in [0.2, 0.25) is 0 Å². The van der Waals surface area contributed by atoms with Gasteiger partial charge in [-0.15, -0.1) is 11.3 Å². The zero-order valence-electron chi connectivity index (χ0n) is 13.1. The lowest BCUT2D eigenvalue weighted by molar-refractivity contribution is 0.0478. The molecule has 0 spiro atoms. The van der Waals surface area contributed by atoms with Gasteiger partial charge < -0.3 is 4.74 Å². The van der Waals surface area contributed by atoms with Crippen LogP contribution in [0, 0.1) is 17.6 Å². The van der Waals surface area contributed by atoms with Crippen molar-refractivity contribution in [3.8, 4) is 0 Å². The van der Waals surface area contributed by atoms with Crippen LogP contribution in [0.3, 0.4) is 0 Å². The first-order valence-corrected chi connectivity index (χ1v) is 8.52. The van der Waals surface area contributed by atoms with Crippen LogP contribution in [0.5, 0.6) is 0 Å². The average molecular weight is 350 g/mol. The molecule has 1 aromatic carbocycles. The second kappa shape index (κ2) is 6.81. The summed E-state index contributed by atoms with van der Waals surface area (Å²) in [7, 11) is 0. The lowest BCUT2D eigenvalue weighted by Crippen LogP contribution is -2.15. The van der Waals surface area contributed by atoms with Gasteiger partial charge in [0.15, 0.2) is 6.61 Å². The van der Waals surface area contributed by atoms with Crippen LogP contribution < -0.4 is 0 Å². The monoisotopic (exact) mass is 350 g/mol. The predicted octanol–water partition coefficient (Wildman–Crippen LogP) is 4.19. The molecule has 126 valence electrons. The van der Waals surface area contributed by atoms with Crippen LogP contribution in [0.25, 0.3) is 0 Å². The molecule has 0 aliphatic heterocycles. The highest BCUT2D eigenvalue weighted by molar-refractivity contribution is 7.14. The van der Waals surface area contributed by atoms with Gasteiger partial charge in [0.1, 0.15) is 16.5 Å². The molecule has 1 atom stereocenters. The van der Waals surface area contributed by atoms with Gasteiger partial charge in [-0.25, -0.2) is 13.6 Å². The Kier molecular flexibility index (Phi) is 4.76. The largest absolute Gasteiger partial charge is 0.453 e. The third-order valence-corrected chi connectivity index (χ3v) is 5.31. The van der Waals surface area contributed by atoms with Gasteiger partial charge in [-0.05, 0) is 55.0 Å². The third-order valence-electron chi connectivity index (χ3n) is 4.09. The smallest absolute Gasteiger partial charge is 0.348 e. The fourth-order valence-electron chi connectivity index (χ4n) is 2.80. The van der Waals surface area contributed by atoms with Crippen molar-refractivity contribution in [1.82, 2.24) is 0 Å². The Bertz CT molecular complexity index is 798. The number of carbonyl (C=O) groups is 2. The summed E-state index contributed by atoms with van der Waals surface area (Å²) in [5, 5.41) is 0. The number of hydrogen-bond acceptors (Lipinski definition) is 4. The first-order valence-electron chi connectivity index (χ1n) is 7.71. The Morgan fingerprint density at radius 1 is 1.29 bits per heavy atom. The number of halogens is 2. The van der Waals surface area contributed by atoms with E-state index in [9.17, 15) is 18.4 Å². The number of hydrogen-bond donors (Lipinski definition) is 0. The number of fused-ring (bicyclic) bond motifs is 1. The quantitative estimate of drug-likeness (QED) is 0.613. The lowest BCUT2D eigenvalue weighted by atomic mass is 9.90. The molecule has 6 heteroatoms. The summed E-state index contributed by atoms with van der Waals surface area (Å²) in [5.41, 5.74) is 0.746. The zero-order chi connectivity index (χ0) is 17.3. The van der Waals surface area contributed by atoms with Gasteiger partial charge in [-0.2, -0.15) is 0 Å². The Labute approximate surface area is 142 Å². The van der Waals surface area contributed by atoms with Crippen molar-refractivity contribution in [3.63, 3.8) is 0 Å². The molecule has 2 aromatic rings. The average Bonchev–Trinajstić information content (AvgIpc) is 2.97. The molecule has 0 radical (unpaired) electrons. The van der Waals surface area contributed by atoms with Crippen molar-refractivity contribution in [2.24, 2.45) is 5.92 Å². The van der Waals surface area contributed by atoms with Crippen LogP contribution in [0.15, 0.2) is 24.3 Å². The Morgan fingerprint density at radius 2 is 2.08 bits per heavy atom. The highest BCUT2D eigenvalue weighted by Crippen LogP contribution is 2.32. The molecule has 24 heavy (non-hydrogen) atoms. The van der Waals surface area contributed by atoms with E-state index in [1.165, 1.54) is 16.2 Å². The second-order valence-electron chi connectivity index (χ2n) is 6.03. The molecule has 0 saturated carbocycles. The van der Waals surface area contributed by atoms with Crippen molar-refractivity contribution in [1.29, 1.82) is 0 Å². The first kappa shape index (κ1) is 16.8. The SMILES string of the molecule is C[C@@H]1CCc2sc(C(=O)OCC(=O)c3cc(F)ccc3F)cc2C1. The van der Waals surface area contributed by atoms with Gasteiger partial charge in [0.05, 0.1) is 5.56 Å². The Balaban J connectivity index is 1.65. The molecule has 3 rings (SSSR count). The number of rotatable bonds is 4. The van der Waals surface area contributed by atoms with E-state index >= 15 is 0 Å². The maximum atomic E-state index is 13.5. The highest BCUT2D eigenvalue weighted by atomic mass is 32.1. The molecule has 0 saturated heterocycles. The van der Waals surface area contributed by atoms with E-state index < -0.39 is 35.6 Å². The molecule has 0 unspecified atom stereocenters. The number of Topliss-reactive ketones (excluding diaryl/α,β-unsaturated/α-hetero) is 1. The molecule has 1 heterocycles. The lowest BCUT2D eigenvalue weighted by Gasteiger charge is -2.16. The second-order valence-corrected chi connectivity index (χ2v) is 7.17. The van der Waals surface area contributed by atoms with Gasteiger partial charge in [-0.3, -0.25) is 4.79 Å². The molecule has 0 amide bonds. The predicted molar refractivity (Wildman–Crippen MR) is 86.5 cm³/mol. The Hall–Kier alpha value is -2.08. The summed E-state index contributed by atoms with van der Waals surface area (Å²) in [5.74, 6) is -2.33. The molecule has 1 aromatic heterocycles. The number of esters is 1. The molecule has 0 fully saturated rings. The Morgan fingerprint density at radius 3 is 2.88 bits per heavy atom. The van der Waals surface area contributed by atoms with E-state index in [2.05, 4.69) is 6.92 Å². The number of ketones is 1. The minimum Gasteiger partial charge on any atom is -0.453 e. The maximum Gasteiger partial charge on any atom is 0.348 e. The summed E-state index contributed by atoms with van der Waals surface area (Å²) in [6.07, 6.45) is 2.98. The summed E-state index contributed by atoms with van der Waals surface area (Å²) in [4.78, 5) is 25.6. The fraction of sp³-hybridized carbons (Fsp3) is 0.333. The van der Waals surface area contributed by atoms with E-state index in [4.69, 9.17) is 4.74 Å². The molecular weight excluding hydrogens is 334 g/mol. The van der Waals surface area contributed by atoms with Gasteiger partial charge in [0.25, 0.3) is 0 Å². The van der Waals surface area contributed by atoms with E-state index in [1.54, 1.807) is 0 Å². The van der Waals surface area contributed by atoms with Gasteiger partial charge >= 0.3 is 5.97 Å². The molecule has 1 aliphatic carbocycles. The molecular formula is C18H16F2O3S. The fourth-order valence-corrected chi connectivity index (χ4v) is 3.90. The number of thiophene rings is 1. The van der Waals surface area contributed by atoms with Crippen molar-refractivity contribution in [3.05, 3.63) is 56.8 Å². The van der Waals surface area contributed by atoms with Crippen LogP contribution in [-0.4, -0.2) is 18.4 Å². The van der Waals surface area contributed by atoms with E-state index in [0.717, 1.165) is 43.0 Å². The highest BCUT2D eigenvalue weighted by Gasteiger charge is 2.22. The van der Waals surface area contributed by atoms with E-state index in [1.807, 2.05) is 6.07 Å². The minimum absolute atomic E-state index is 0.415.